The van der Waals surface area contributed by atoms with Crippen LogP contribution in [0.15, 0.2) is 18.2 Å². The summed E-state index contributed by atoms with van der Waals surface area (Å²) in [5.74, 6) is 0.759. The Labute approximate surface area is 139 Å². The van der Waals surface area contributed by atoms with Gasteiger partial charge in [0.25, 0.3) is 0 Å². The third-order valence-electron chi connectivity index (χ3n) is 4.90. The van der Waals surface area contributed by atoms with Gasteiger partial charge in [-0.3, -0.25) is 4.90 Å². The van der Waals surface area contributed by atoms with E-state index in [1.807, 2.05) is 0 Å². The molecule has 3 rings (SSSR count). The molecule has 7 heteroatoms. The van der Waals surface area contributed by atoms with Crippen LogP contribution in [0.4, 0.5) is 13.2 Å². The average Bonchev–Trinajstić information content (AvgIpc) is 2.50. The van der Waals surface area contributed by atoms with E-state index in [1.165, 1.54) is 25.7 Å². The fraction of sp³-hybridized carbons (Fsp3) is 0.647. The summed E-state index contributed by atoms with van der Waals surface area (Å²) >= 11 is 0. The Bertz CT molecular complexity index is 555. The van der Waals surface area contributed by atoms with Crippen molar-refractivity contribution in [2.45, 2.75) is 31.7 Å². The number of alkyl halides is 3. The Morgan fingerprint density at radius 2 is 1.92 bits per heavy atom. The topological polar surface area (TPSA) is 33.7 Å². The summed E-state index contributed by atoms with van der Waals surface area (Å²) in [5.41, 5.74) is 0.957. The molecule has 0 aromatic heterocycles. The molecule has 0 radical (unpaired) electrons. The fourth-order valence-electron chi connectivity index (χ4n) is 3.60. The van der Waals surface area contributed by atoms with Crippen LogP contribution in [0.3, 0.4) is 0 Å². The van der Waals surface area contributed by atoms with Crippen LogP contribution in [0.25, 0.3) is 0 Å². The molecular weight excluding hydrogens is 321 g/mol. The van der Waals surface area contributed by atoms with Gasteiger partial charge in [-0.05, 0) is 24.8 Å². The van der Waals surface area contributed by atoms with E-state index in [4.69, 9.17) is 4.74 Å². The zero-order valence-corrected chi connectivity index (χ0v) is 13.7. The molecule has 0 spiro atoms. The molecule has 24 heavy (non-hydrogen) atoms. The summed E-state index contributed by atoms with van der Waals surface area (Å²) in [7, 11) is 1.49. The van der Waals surface area contributed by atoms with Crippen LogP contribution < -0.4 is 14.8 Å². The minimum atomic E-state index is -4.70. The summed E-state index contributed by atoms with van der Waals surface area (Å²) in [5, 5.41) is 3.34. The molecule has 1 aliphatic carbocycles. The summed E-state index contributed by atoms with van der Waals surface area (Å²) in [6, 6.07) is 4.65. The fourth-order valence-corrected chi connectivity index (χ4v) is 3.60. The molecule has 134 valence electrons. The number of ether oxygens (including phenoxy) is 2. The van der Waals surface area contributed by atoms with Gasteiger partial charge >= 0.3 is 6.36 Å². The number of methoxy groups -OCH3 is 1. The summed E-state index contributed by atoms with van der Waals surface area (Å²) in [4.78, 5) is 2.42. The molecule has 2 fully saturated rings. The Kier molecular flexibility index (Phi) is 5.20. The van der Waals surface area contributed by atoms with Crippen molar-refractivity contribution in [1.82, 2.24) is 10.2 Å². The van der Waals surface area contributed by atoms with Gasteiger partial charge in [-0.15, -0.1) is 13.2 Å². The lowest BCUT2D eigenvalue weighted by Gasteiger charge is -2.43. The van der Waals surface area contributed by atoms with Crippen molar-refractivity contribution in [3.05, 3.63) is 23.8 Å². The van der Waals surface area contributed by atoms with Crippen molar-refractivity contribution in [2.75, 3.05) is 33.3 Å². The summed E-state index contributed by atoms with van der Waals surface area (Å²) in [6.07, 6.45) is -1.18. The van der Waals surface area contributed by atoms with Gasteiger partial charge in [0.15, 0.2) is 0 Å². The van der Waals surface area contributed by atoms with Gasteiger partial charge in [0, 0.05) is 43.9 Å². The molecule has 1 aromatic rings. The summed E-state index contributed by atoms with van der Waals surface area (Å²) < 4.78 is 46.7. The predicted octanol–water partition coefficient (Wildman–Crippen LogP) is 3.34. The molecule has 1 aromatic carbocycles. The highest BCUT2D eigenvalue weighted by Gasteiger charge is 2.36. The maximum Gasteiger partial charge on any atom is 0.573 e. The number of halogens is 3. The first-order valence-electron chi connectivity index (χ1n) is 8.36. The molecule has 1 heterocycles. The molecule has 1 saturated carbocycles. The molecule has 1 atom stereocenters. The van der Waals surface area contributed by atoms with Crippen LogP contribution in [0.5, 0.6) is 11.5 Å². The van der Waals surface area contributed by atoms with Crippen LogP contribution in [0.2, 0.25) is 0 Å². The van der Waals surface area contributed by atoms with Crippen molar-refractivity contribution >= 4 is 0 Å². The van der Waals surface area contributed by atoms with Gasteiger partial charge in [-0.25, -0.2) is 0 Å². The first kappa shape index (κ1) is 17.4. The highest BCUT2D eigenvalue weighted by molar-refractivity contribution is 5.43. The molecule has 1 aliphatic heterocycles. The standard InChI is InChI=1S/C17H23F3N2O2/c1-23-15-11-13(24-17(18,19)20)5-6-14(15)16(12-3-2-4-12)22-9-7-21-8-10-22/h5-6,11-12,16,21H,2-4,7-10H2,1H3/t16-/m0/s1. The molecule has 4 nitrogen and oxygen atoms in total. The number of benzene rings is 1. The van der Waals surface area contributed by atoms with Gasteiger partial charge in [-0.2, -0.15) is 0 Å². The molecule has 1 N–H and O–H groups in total. The van der Waals surface area contributed by atoms with Crippen LogP contribution >= 0.6 is 0 Å². The van der Waals surface area contributed by atoms with Crippen molar-refractivity contribution in [3.63, 3.8) is 0 Å². The largest absolute Gasteiger partial charge is 0.573 e. The lowest BCUT2D eigenvalue weighted by Crippen LogP contribution is -2.47. The highest BCUT2D eigenvalue weighted by atomic mass is 19.4. The average molecular weight is 344 g/mol. The monoisotopic (exact) mass is 344 g/mol. The molecule has 0 amide bonds. The van der Waals surface area contributed by atoms with Gasteiger partial charge in [0.2, 0.25) is 0 Å². The number of hydrogen-bond acceptors (Lipinski definition) is 4. The Morgan fingerprint density at radius 1 is 1.21 bits per heavy atom. The van der Waals surface area contributed by atoms with Crippen molar-refractivity contribution < 1.29 is 22.6 Å². The number of rotatable bonds is 5. The maximum absolute atomic E-state index is 12.4. The molecular formula is C17H23F3N2O2. The van der Waals surface area contributed by atoms with Crippen molar-refractivity contribution in [3.8, 4) is 11.5 Å². The highest BCUT2D eigenvalue weighted by Crippen LogP contribution is 2.45. The molecule has 0 unspecified atom stereocenters. The van der Waals surface area contributed by atoms with Gasteiger partial charge in [-0.1, -0.05) is 12.5 Å². The normalized spacial score (nSPS) is 21.2. The van der Waals surface area contributed by atoms with E-state index in [2.05, 4.69) is 15.0 Å². The molecule has 1 saturated heterocycles. The van der Waals surface area contributed by atoms with Crippen molar-refractivity contribution in [1.29, 1.82) is 0 Å². The minimum Gasteiger partial charge on any atom is -0.496 e. The first-order valence-corrected chi connectivity index (χ1v) is 8.36. The van der Waals surface area contributed by atoms with E-state index in [0.29, 0.717) is 11.7 Å². The van der Waals surface area contributed by atoms with E-state index in [1.54, 1.807) is 6.07 Å². The van der Waals surface area contributed by atoms with Gasteiger partial charge in [0.1, 0.15) is 11.5 Å². The van der Waals surface area contributed by atoms with Gasteiger partial charge < -0.3 is 14.8 Å². The van der Waals surface area contributed by atoms with E-state index >= 15 is 0 Å². The quantitative estimate of drug-likeness (QED) is 0.888. The minimum absolute atomic E-state index is 0.190. The number of nitrogens with one attached hydrogen (secondary N) is 1. The Morgan fingerprint density at radius 3 is 2.46 bits per heavy atom. The molecule has 2 aliphatic rings. The van der Waals surface area contributed by atoms with Crippen LogP contribution in [-0.4, -0.2) is 44.6 Å². The van der Waals surface area contributed by atoms with E-state index < -0.39 is 6.36 Å². The lowest BCUT2D eigenvalue weighted by molar-refractivity contribution is -0.274. The number of nitrogens with zero attached hydrogens (tertiary/aromatic N) is 1. The Balaban J connectivity index is 1.88. The zero-order chi connectivity index (χ0) is 17.2. The number of piperazine rings is 1. The second-order valence-corrected chi connectivity index (χ2v) is 6.37. The smallest absolute Gasteiger partial charge is 0.496 e. The van der Waals surface area contributed by atoms with Crippen molar-refractivity contribution in [2.24, 2.45) is 5.92 Å². The lowest BCUT2D eigenvalue weighted by atomic mass is 9.76. The van der Waals surface area contributed by atoms with Crippen LogP contribution in [0, 0.1) is 5.92 Å². The van der Waals surface area contributed by atoms with E-state index in [0.717, 1.165) is 44.6 Å². The van der Waals surface area contributed by atoms with Crippen LogP contribution in [0.1, 0.15) is 30.9 Å². The van der Waals surface area contributed by atoms with E-state index in [-0.39, 0.29) is 11.8 Å². The van der Waals surface area contributed by atoms with Gasteiger partial charge in [0.05, 0.1) is 7.11 Å². The predicted molar refractivity (Wildman–Crippen MR) is 84.2 cm³/mol. The van der Waals surface area contributed by atoms with E-state index in [9.17, 15) is 13.2 Å². The second-order valence-electron chi connectivity index (χ2n) is 6.37. The van der Waals surface area contributed by atoms with Crippen LogP contribution in [-0.2, 0) is 0 Å². The zero-order valence-electron chi connectivity index (χ0n) is 13.7. The third kappa shape index (κ3) is 3.95. The summed E-state index contributed by atoms with van der Waals surface area (Å²) in [6.45, 7) is 3.73. The second kappa shape index (κ2) is 7.19. The Hall–Kier alpha value is -1.47. The first-order chi connectivity index (χ1) is 11.5. The third-order valence-corrected chi connectivity index (χ3v) is 4.90. The molecule has 0 bridgehead atoms. The SMILES string of the molecule is COc1cc(OC(F)(F)F)ccc1[C@H](C1CCC1)N1CCNCC1. The maximum atomic E-state index is 12.4. The number of hydrogen-bond donors (Lipinski definition) is 1.